The Kier molecular flexibility index (Phi) is 8.98. The number of carbonyl (C=O) groups is 4. The first-order chi connectivity index (χ1) is 10.3. The first-order valence-corrected chi connectivity index (χ1v) is 6.68. The molecule has 0 aliphatic rings. The number of nitrogens with one attached hydrogen (secondary N) is 2. The van der Waals surface area contributed by atoms with Crippen LogP contribution >= 0.6 is 0 Å². The van der Waals surface area contributed by atoms with Gasteiger partial charge in [0.2, 0.25) is 11.8 Å². The fourth-order valence-corrected chi connectivity index (χ4v) is 1.68. The van der Waals surface area contributed by atoms with Gasteiger partial charge in [-0.1, -0.05) is 0 Å². The molecule has 0 saturated heterocycles. The van der Waals surface area contributed by atoms with Crippen molar-refractivity contribution in [2.45, 2.75) is 38.1 Å². The number of hydrogen-bond donors (Lipinski definition) is 3. The number of hydrogen-bond acceptors (Lipinski definition) is 5. The average Bonchev–Trinajstić information content (AvgIpc) is 2.45. The van der Waals surface area contributed by atoms with Gasteiger partial charge in [0.25, 0.3) is 0 Å². The number of aliphatic hydroxyl groups is 1. The van der Waals surface area contributed by atoms with E-state index in [1.807, 2.05) is 0 Å². The molecule has 0 rings (SSSR count). The second-order valence-corrected chi connectivity index (χ2v) is 4.62. The molecule has 119 valence electrons. The summed E-state index contributed by atoms with van der Waals surface area (Å²) in [5, 5.41) is 11.0. The van der Waals surface area contributed by atoms with Crippen molar-refractivity contribution >= 4 is 23.9 Å². The predicted octanol–water partition coefficient (Wildman–Crippen LogP) is -1.43. The van der Waals surface area contributed by atoms with Crippen LogP contribution in [0.15, 0.2) is 0 Å². The first kappa shape index (κ1) is 17.3. The van der Waals surface area contributed by atoms with Gasteiger partial charge in [-0.2, -0.15) is 0 Å². The average molecular weight is 302 g/mol. The number of amides is 2. The maximum absolute atomic E-state index is 11.8. The number of aliphatic hydroxyl groups excluding tert-OH is 1. The van der Waals surface area contributed by atoms with E-state index in [2.05, 4.69) is 5.32 Å². The number of primary amides is 1. The summed E-state index contributed by atoms with van der Waals surface area (Å²) in [6.07, 6.45) is -1.31. The zero-order chi connectivity index (χ0) is 17.1. The topological polar surface area (TPSA) is 150 Å². The molecule has 1 radical (unpaired) electrons. The molecule has 0 aromatic heterocycles. The molecule has 0 fully saturated rings. The van der Waals surface area contributed by atoms with Gasteiger partial charge < -0.3 is 21.0 Å². The summed E-state index contributed by atoms with van der Waals surface area (Å²) < 4.78 is 6.72. The summed E-state index contributed by atoms with van der Waals surface area (Å²) in [5.41, 5.74) is 12.8. The van der Waals surface area contributed by atoms with Gasteiger partial charge in [0, 0.05) is 31.7 Å². The number of nitrogens with two attached hydrogens (primary N) is 1. The highest BCUT2D eigenvalue weighted by Crippen LogP contribution is 2.14. The monoisotopic (exact) mass is 302 g/mol. The maximum atomic E-state index is 11.8. The van der Waals surface area contributed by atoms with Crippen LogP contribution in [-0.4, -0.2) is 48.2 Å². The fraction of sp³-hybridized carbons (Fsp3) is 0.692. The smallest absolute Gasteiger partial charge is 0.220 e. The highest BCUT2D eigenvalue weighted by Gasteiger charge is 2.23. The zero-order valence-corrected chi connectivity index (χ0v) is 11.8. The van der Waals surface area contributed by atoms with Gasteiger partial charge in [-0.15, -0.1) is 0 Å². The van der Waals surface area contributed by atoms with Crippen molar-refractivity contribution in [3.05, 3.63) is 0 Å². The summed E-state index contributed by atoms with van der Waals surface area (Å²) >= 11 is 0. The van der Waals surface area contributed by atoms with Gasteiger partial charge in [-0.25, -0.2) is 5.73 Å². The summed E-state index contributed by atoms with van der Waals surface area (Å²) in [4.78, 5) is 45.0. The lowest BCUT2D eigenvalue weighted by Crippen LogP contribution is -2.32. The molecule has 0 aromatic carbocycles. The van der Waals surface area contributed by atoms with Crippen LogP contribution in [0.5, 0.6) is 0 Å². The predicted molar refractivity (Wildman–Crippen MR) is 73.8 cm³/mol. The van der Waals surface area contributed by atoms with E-state index in [0.717, 1.165) is 0 Å². The van der Waals surface area contributed by atoms with Crippen LogP contribution in [0.4, 0.5) is 0 Å². The van der Waals surface area contributed by atoms with Crippen LogP contribution in [0.3, 0.4) is 0 Å². The third-order valence-corrected chi connectivity index (χ3v) is 2.93. The minimum atomic E-state index is -1.18. The van der Waals surface area contributed by atoms with E-state index in [4.69, 9.17) is 17.9 Å². The van der Waals surface area contributed by atoms with Crippen molar-refractivity contribution < 1.29 is 25.7 Å². The van der Waals surface area contributed by atoms with Crippen molar-refractivity contribution in [1.82, 2.24) is 11.1 Å². The SMILES string of the molecule is [3H]C(=O)CCC([NH])C(=O)CC(CCC(=O)NCCO)C(N)=O. The Morgan fingerprint density at radius 3 is 2.57 bits per heavy atom. The van der Waals surface area contributed by atoms with Crippen molar-refractivity contribution in [1.29, 1.82) is 0 Å². The third kappa shape index (κ3) is 8.87. The standard InChI is InChI=1S/C13H22N3O5/c14-10(2-1-6-17)11(19)8-9(13(15)21)3-4-12(20)16-5-7-18/h6,9-10,14,18H,1-5,7-8H2,(H2,15,21)(H,16,20)/i6T. The molecule has 8 heteroatoms. The molecule has 8 nitrogen and oxygen atoms in total. The molecule has 0 spiro atoms. The quantitative estimate of drug-likeness (QED) is 0.377. The lowest BCUT2D eigenvalue weighted by atomic mass is 9.92. The van der Waals surface area contributed by atoms with Crippen LogP contribution in [0.1, 0.15) is 33.5 Å². The Labute approximate surface area is 124 Å². The molecule has 0 aliphatic heterocycles. The number of Topliss-reactive ketones (excluding diaryl/α,β-unsaturated/α-hetero) is 1. The van der Waals surface area contributed by atoms with Gasteiger partial charge in [0.1, 0.15) is 7.63 Å². The molecule has 5 N–H and O–H groups in total. The highest BCUT2D eigenvalue weighted by atomic mass is 16.3. The van der Waals surface area contributed by atoms with Gasteiger partial charge in [0.15, 0.2) is 5.78 Å². The summed E-state index contributed by atoms with van der Waals surface area (Å²) in [6, 6.07) is -1.18. The van der Waals surface area contributed by atoms with E-state index in [1.165, 1.54) is 0 Å². The van der Waals surface area contributed by atoms with Crippen molar-refractivity contribution in [3.8, 4) is 0 Å². The normalized spacial score (nSPS) is 13.9. The molecular weight excluding hydrogens is 278 g/mol. The van der Waals surface area contributed by atoms with Crippen LogP contribution in [0, 0.1) is 5.92 Å². The van der Waals surface area contributed by atoms with Crippen LogP contribution in [0.2, 0.25) is 0 Å². The van der Waals surface area contributed by atoms with E-state index in [1.54, 1.807) is 0 Å². The minimum Gasteiger partial charge on any atom is -0.395 e. The van der Waals surface area contributed by atoms with Crippen LogP contribution < -0.4 is 16.8 Å². The number of ketones is 1. The molecule has 2 atom stereocenters. The van der Waals surface area contributed by atoms with E-state index in [-0.39, 0.29) is 51.2 Å². The Morgan fingerprint density at radius 2 is 2.05 bits per heavy atom. The van der Waals surface area contributed by atoms with Gasteiger partial charge in [0.05, 0.1) is 12.6 Å². The molecule has 2 unspecified atom stereocenters. The Morgan fingerprint density at radius 1 is 1.38 bits per heavy atom. The largest absolute Gasteiger partial charge is 0.395 e. The van der Waals surface area contributed by atoms with Crippen molar-refractivity contribution in [3.63, 3.8) is 0 Å². The molecule has 0 saturated carbocycles. The van der Waals surface area contributed by atoms with E-state index < -0.39 is 29.9 Å². The molecule has 0 aromatic rings. The Balaban J connectivity index is 4.33. The second kappa shape index (κ2) is 10.9. The van der Waals surface area contributed by atoms with E-state index in [9.17, 15) is 19.2 Å². The first-order valence-electron chi connectivity index (χ1n) is 7.18. The lowest BCUT2D eigenvalue weighted by molar-refractivity contribution is -0.129. The van der Waals surface area contributed by atoms with Gasteiger partial charge in [-0.05, 0) is 12.8 Å². The number of rotatable bonds is 12. The molecule has 0 aliphatic carbocycles. The highest BCUT2D eigenvalue weighted by molar-refractivity contribution is 5.89. The number of aldehydes is 1. The fourth-order valence-electron chi connectivity index (χ4n) is 1.68. The maximum Gasteiger partial charge on any atom is 0.220 e. The Hall–Kier alpha value is -1.80. The zero-order valence-electron chi connectivity index (χ0n) is 12.8. The molecular formula is C13H22N3O5. The number of carbonyl (C=O) groups excluding carboxylic acids is 4. The minimum absolute atomic E-state index is 0.0191. The van der Waals surface area contributed by atoms with Crippen LogP contribution in [0.25, 0.3) is 0 Å². The van der Waals surface area contributed by atoms with Crippen molar-refractivity contribution in [2.24, 2.45) is 11.7 Å². The third-order valence-electron chi connectivity index (χ3n) is 2.93. The summed E-state index contributed by atoms with van der Waals surface area (Å²) in [7, 11) is 0. The van der Waals surface area contributed by atoms with Gasteiger partial charge in [-0.3, -0.25) is 14.4 Å². The molecule has 2 amide bonds. The van der Waals surface area contributed by atoms with Gasteiger partial charge >= 0.3 is 0 Å². The molecule has 0 bridgehead atoms. The van der Waals surface area contributed by atoms with Crippen molar-refractivity contribution in [2.75, 3.05) is 13.2 Å². The Bertz CT molecular complexity index is 416. The van der Waals surface area contributed by atoms with E-state index in [0.29, 0.717) is 0 Å². The van der Waals surface area contributed by atoms with E-state index >= 15 is 0 Å². The lowest BCUT2D eigenvalue weighted by Gasteiger charge is -2.14. The molecule has 0 heterocycles. The molecule has 21 heavy (non-hydrogen) atoms. The van der Waals surface area contributed by atoms with Crippen LogP contribution in [-0.2, 0) is 19.2 Å². The summed E-state index contributed by atoms with van der Waals surface area (Å²) in [5.74, 6) is -2.49. The second-order valence-electron chi connectivity index (χ2n) is 4.62. The summed E-state index contributed by atoms with van der Waals surface area (Å²) in [6.45, 7) is -0.0896.